The van der Waals surface area contributed by atoms with E-state index in [9.17, 15) is 18.8 Å². The molecule has 1 unspecified atom stereocenters. The van der Waals surface area contributed by atoms with Crippen LogP contribution in [0.25, 0.3) is 11.0 Å². The Morgan fingerprint density at radius 3 is 2.54 bits per heavy atom. The monoisotopic (exact) mass is 357 g/mol. The molecule has 1 atom stereocenters. The number of hydrogen-bond donors (Lipinski definition) is 3. The summed E-state index contributed by atoms with van der Waals surface area (Å²) in [5.74, 6) is -2.09. The first-order chi connectivity index (χ1) is 12.4. The van der Waals surface area contributed by atoms with Crippen LogP contribution in [0.4, 0.5) is 4.39 Å². The number of nitrogens with zero attached hydrogens (tertiary/aromatic N) is 1. The minimum atomic E-state index is -1.11. The molecule has 0 spiro atoms. The van der Waals surface area contributed by atoms with Gasteiger partial charge in [0, 0.05) is 0 Å². The molecule has 0 saturated carbocycles. The lowest BCUT2D eigenvalue weighted by atomic mass is 10.0. The number of benzene rings is 2. The average molecular weight is 357 g/mol. The second kappa shape index (κ2) is 7.22. The number of amides is 1. The van der Waals surface area contributed by atoms with E-state index in [4.69, 9.17) is 5.11 Å². The molecule has 0 aliphatic rings. The van der Waals surface area contributed by atoms with Crippen molar-refractivity contribution < 1.29 is 19.1 Å². The number of carbonyl (C=O) groups excluding carboxylic acids is 1. The number of carbonyl (C=O) groups is 2. The molecule has 3 N–H and O–H groups in total. The molecular weight excluding hydrogens is 341 g/mol. The number of H-pyrrole nitrogens is 1. The predicted molar refractivity (Wildman–Crippen MR) is 92.1 cm³/mol. The van der Waals surface area contributed by atoms with Crippen molar-refractivity contribution in [3.63, 3.8) is 0 Å². The summed E-state index contributed by atoms with van der Waals surface area (Å²) in [6.07, 6.45) is -0.361. The Hall–Kier alpha value is -3.42. The van der Waals surface area contributed by atoms with Crippen molar-refractivity contribution in [3.05, 3.63) is 70.4 Å². The Morgan fingerprint density at radius 1 is 1.15 bits per heavy atom. The van der Waals surface area contributed by atoms with Crippen LogP contribution in [0.5, 0.6) is 0 Å². The fourth-order valence-corrected chi connectivity index (χ4v) is 2.77. The number of nitrogens with one attached hydrogen (secondary N) is 2. The van der Waals surface area contributed by atoms with Gasteiger partial charge < -0.3 is 15.4 Å². The van der Waals surface area contributed by atoms with E-state index in [0.29, 0.717) is 16.6 Å². The van der Waals surface area contributed by atoms with Crippen molar-refractivity contribution in [2.75, 3.05) is 0 Å². The first-order valence-corrected chi connectivity index (χ1v) is 7.88. The van der Waals surface area contributed by atoms with E-state index in [-0.39, 0.29) is 13.0 Å². The van der Waals surface area contributed by atoms with E-state index in [2.05, 4.69) is 10.3 Å². The van der Waals surface area contributed by atoms with Crippen LogP contribution in [0.2, 0.25) is 0 Å². The van der Waals surface area contributed by atoms with Crippen LogP contribution >= 0.6 is 0 Å². The van der Waals surface area contributed by atoms with Gasteiger partial charge in [-0.05, 0) is 29.8 Å². The first kappa shape index (κ1) is 17.4. The molecule has 134 valence electrons. The second-order valence-corrected chi connectivity index (χ2v) is 5.80. The van der Waals surface area contributed by atoms with Crippen LogP contribution in [0.1, 0.15) is 18.0 Å². The maximum atomic E-state index is 13.1. The van der Waals surface area contributed by atoms with Crippen LogP contribution in [0, 0.1) is 5.82 Å². The molecule has 3 rings (SSSR count). The number of halogens is 1. The lowest BCUT2D eigenvalue weighted by Gasteiger charge is -2.17. The number of fused-ring (bicyclic) bond motifs is 1. The summed E-state index contributed by atoms with van der Waals surface area (Å²) < 4.78 is 14.3. The quantitative estimate of drug-likeness (QED) is 0.626. The van der Waals surface area contributed by atoms with Crippen molar-refractivity contribution >= 4 is 22.9 Å². The number of imidazole rings is 1. The molecule has 0 radical (unpaired) electrons. The van der Waals surface area contributed by atoms with Gasteiger partial charge in [-0.25, -0.2) is 9.18 Å². The summed E-state index contributed by atoms with van der Waals surface area (Å²) in [5, 5.41) is 11.7. The van der Waals surface area contributed by atoms with Gasteiger partial charge in [-0.15, -0.1) is 0 Å². The Bertz CT molecular complexity index is 1010. The van der Waals surface area contributed by atoms with E-state index in [1.165, 1.54) is 28.8 Å². The third-order valence-electron chi connectivity index (χ3n) is 3.97. The summed E-state index contributed by atoms with van der Waals surface area (Å²) in [5.41, 5.74) is 1.21. The Balaban J connectivity index is 1.81. The predicted octanol–water partition coefficient (Wildman–Crippen LogP) is 1.80. The molecule has 2 aromatic carbocycles. The summed E-state index contributed by atoms with van der Waals surface area (Å²) >= 11 is 0. The number of aliphatic carboxylic acids is 1. The van der Waals surface area contributed by atoms with Gasteiger partial charge in [0.25, 0.3) is 0 Å². The zero-order valence-corrected chi connectivity index (χ0v) is 13.6. The number of hydrogen-bond acceptors (Lipinski definition) is 3. The first-order valence-electron chi connectivity index (χ1n) is 7.88. The molecule has 26 heavy (non-hydrogen) atoms. The third-order valence-corrected chi connectivity index (χ3v) is 3.97. The van der Waals surface area contributed by atoms with Gasteiger partial charge in [0.1, 0.15) is 12.4 Å². The third kappa shape index (κ3) is 3.80. The molecule has 7 nitrogen and oxygen atoms in total. The van der Waals surface area contributed by atoms with Crippen LogP contribution < -0.4 is 11.0 Å². The van der Waals surface area contributed by atoms with Crippen molar-refractivity contribution in [3.8, 4) is 0 Å². The highest BCUT2D eigenvalue weighted by Crippen LogP contribution is 2.18. The van der Waals surface area contributed by atoms with Gasteiger partial charge in [0.15, 0.2) is 0 Å². The lowest BCUT2D eigenvalue weighted by Crippen LogP contribution is -2.35. The zero-order chi connectivity index (χ0) is 18.7. The normalized spacial score (nSPS) is 12.0. The largest absolute Gasteiger partial charge is 0.481 e. The number of rotatable bonds is 6. The molecular formula is C18H16FN3O4. The molecule has 1 heterocycles. The Kier molecular flexibility index (Phi) is 4.83. The number of carboxylic acids is 1. The molecule has 0 fully saturated rings. The summed E-state index contributed by atoms with van der Waals surface area (Å²) in [6.45, 7) is -0.264. The smallest absolute Gasteiger partial charge is 0.326 e. The van der Waals surface area contributed by atoms with E-state index < -0.39 is 29.4 Å². The maximum Gasteiger partial charge on any atom is 0.326 e. The Morgan fingerprint density at radius 2 is 1.85 bits per heavy atom. The van der Waals surface area contributed by atoms with Gasteiger partial charge in [0.2, 0.25) is 5.91 Å². The molecule has 1 amide bonds. The molecule has 0 aliphatic carbocycles. The molecule has 1 aromatic heterocycles. The highest BCUT2D eigenvalue weighted by Gasteiger charge is 2.19. The van der Waals surface area contributed by atoms with Crippen LogP contribution in [-0.4, -0.2) is 26.5 Å². The second-order valence-electron chi connectivity index (χ2n) is 5.80. The summed E-state index contributed by atoms with van der Waals surface area (Å²) in [4.78, 5) is 38.2. The van der Waals surface area contributed by atoms with Gasteiger partial charge in [-0.1, -0.05) is 24.3 Å². The molecule has 0 aliphatic heterocycles. The summed E-state index contributed by atoms with van der Waals surface area (Å²) in [6, 6.07) is 11.3. The van der Waals surface area contributed by atoms with Gasteiger partial charge in [0.05, 0.1) is 23.5 Å². The SMILES string of the molecule is O=C(O)CC(NC(=O)Cn1c(=O)[nH]c2ccccc21)c1ccc(F)cc1. The van der Waals surface area contributed by atoms with E-state index in [0.717, 1.165) is 0 Å². The minimum Gasteiger partial charge on any atom is -0.481 e. The number of aromatic nitrogens is 2. The number of para-hydroxylation sites is 2. The minimum absolute atomic E-state index is 0.264. The average Bonchev–Trinajstić information content (AvgIpc) is 2.90. The van der Waals surface area contributed by atoms with Crippen LogP contribution in [0.3, 0.4) is 0 Å². The van der Waals surface area contributed by atoms with Gasteiger partial charge in [-0.3, -0.25) is 14.2 Å². The van der Waals surface area contributed by atoms with Crippen LogP contribution in [0.15, 0.2) is 53.3 Å². The maximum absolute atomic E-state index is 13.1. The van der Waals surface area contributed by atoms with Crippen molar-refractivity contribution in [2.45, 2.75) is 19.0 Å². The molecule has 0 bridgehead atoms. The van der Waals surface area contributed by atoms with Crippen molar-refractivity contribution in [2.24, 2.45) is 0 Å². The van der Waals surface area contributed by atoms with Crippen molar-refractivity contribution in [1.29, 1.82) is 0 Å². The van der Waals surface area contributed by atoms with Gasteiger partial charge >= 0.3 is 11.7 Å². The van der Waals surface area contributed by atoms with E-state index in [1.807, 2.05) is 0 Å². The Labute approximate surface area is 147 Å². The summed E-state index contributed by atoms with van der Waals surface area (Å²) in [7, 11) is 0. The topological polar surface area (TPSA) is 104 Å². The standard InChI is InChI=1S/C18H16FN3O4/c19-12-7-5-11(6-8-12)14(9-17(24)25)20-16(23)10-22-15-4-2-1-3-13(15)21-18(22)26/h1-8,14H,9-10H2,(H,20,23)(H,21,26)(H,24,25). The van der Waals surface area contributed by atoms with Crippen molar-refractivity contribution in [1.82, 2.24) is 14.9 Å². The zero-order valence-electron chi connectivity index (χ0n) is 13.6. The fraction of sp³-hybridized carbons (Fsp3) is 0.167. The fourth-order valence-electron chi connectivity index (χ4n) is 2.77. The number of carboxylic acid groups (broad SMARTS) is 1. The molecule has 3 aromatic rings. The molecule has 0 saturated heterocycles. The van der Waals surface area contributed by atoms with E-state index >= 15 is 0 Å². The van der Waals surface area contributed by atoms with E-state index in [1.54, 1.807) is 24.3 Å². The molecule has 8 heteroatoms. The highest BCUT2D eigenvalue weighted by atomic mass is 19.1. The highest BCUT2D eigenvalue weighted by molar-refractivity contribution is 5.81. The van der Waals surface area contributed by atoms with Crippen LogP contribution in [-0.2, 0) is 16.1 Å². The number of aromatic amines is 1. The lowest BCUT2D eigenvalue weighted by molar-refractivity contribution is -0.137. The van der Waals surface area contributed by atoms with Gasteiger partial charge in [-0.2, -0.15) is 0 Å².